The highest BCUT2D eigenvalue weighted by Crippen LogP contribution is 2.18. The third-order valence-corrected chi connectivity index (χ3v) is 5.90. The van der Waals surface area contributed by atoms with Crippen molar-refractivity contribution in [1.29, 1.82) is 0 Å². The molecule has 31 heavy (non-hydrogen) atoms. The first-order chi connectivity index (χ1) is 14.4. The average molecular weight is 542 g/mol. The summed E-state index contributed by atoms with van der Waals surface area (Å²) in [4.78, 5) is 32.5. The minimum Gasteiger partial charge on any atom is -0.353 e. The summed E-state index contributed by atoms with van der Waals surface area (Å²) in [5, 5.41) is 9.65. The fourth-order valence-electron chi connectivity index (χ4n) is 3.93. The Bertz CT molecular complexity index is 783. The fourth-order valence-corrected chi connectivity index (χ4v) is 3.93. The molecule has 3 N–H and O–H groups in total. The molecule has 0 saturated carbocycles. The Morgan fingerprint density at radius 2 is 1.97 bits per heavy atom. The highest BCUT2D eigenvalue weighted by Gasteiger charge is 2.31. The van der Waals surface area contributed by atoms with Crippen LogP contribution in [0.4, 0.5) is 0 Å². The zero-order valence-electron chi connectivity index (χ0n) is 18.9. The molecule has 8 nitrogen and oxygen atoms in total. The van der Waals surface area contributed by atoms with Gasteiger partial charge in [-0.05, 0) is 37.5 Å². The van der Waals surface area contributed by atoms with E-state index in [4.69, 9.17) is 0 Å². The second-order valence-electron chi connectivity index (χ2n) is 8.48. The maximum Gasteiger partial charge on any atom is 0.254 e. The molecule has 0 aromatic heterocycles. The van der Waals surface area contributed by atoms with Gasteiger partial charge in [0.2, 0.25) is 5.91 Å². The SMILES string of the molecule is CN=C(NCc1ccc(C(=O)N2CCNC(=O)C2)cc1)NC1CN(C(C)C)CC1C.I. The number of hydrogen-bond donors (Lipinski definition) is 3. The van der Waals surface area contributed by atoms with Crippen LogP contribution in [0.3, 0.4) is 0 Å². The molecule has 2 saturated heterocycles. The van der Waals surface area contributed by atoms with Gasteiger partial charge in [0.1, 0.15) is 0 Å². The van der Waals surface area contributed by atoms with Crippen LogP contribution in [-0.2, 0) is 11.3 Å². The van der Waals surface area contributed by atoms with Crippen LogP contribution in [0.15, 0.2) is 29.3 Å². The Hall–Kier alpha value is -1.88. The Morgan fingerprint density at radius 1 is 1.26 bits per heavy atom. The lowest BCUT2D eigenvalue weighted by Crippen LogP contribution is -2.49. The van der Waals surface area contributed by atoms with Crippen molar-refractivity contribution in [2.75, 3.05) is 39.8 Å². The van der Waals surface area contributed by atoms with E-state index >= 15 is 0 Å². The minimum atomic E-state index is -0.109. The van der Waals surface area contributed by atoms with Crippen molar-refractivity contribution in [2.24, 2.45) is 10.9 Å². The van der Waals surface area contributed by atoms with Crippen LogP contribution < -0.4 is 16.0 Å². The Balaban J connectivity index is 0.00000341. The molecule has 2 unspecified atom stereocenters. The molecule has 172 valence electrons. The molecular formula is C22H35IN6O2. The zero-order valence-corrected chi connectivity index (χ0v) is 21.2. The van der Waals surface area contributed by atoms with Crippen molar-refractivity contribution in [2.45, 2.75) is 39.4 Å². The van der Waals surface area contributed by atoms with Crippen molar-refractivity contribution in [3.63, 3.8) is 0 Å². The number of nitrogens with one attached hydrogen (secondary N) is 3. The van der Waals surface area contributed by atoms with Crippen molar-refractivity contribution in [3.8, 4) is 0 Å². The van der Waals surface area contributed by atoms with E-state index in [1.165, 1.54) is 0 Å². The number of hydrogen-bond acceptors (Lipinski definition) is 4. The first-order valence-electron chi connectivity index (χ1n) is 10.7. The largest absolute Gasteiger partial charge is 0.353 e. The molecule has 2 aliphatic heterocycles. The number of likely N-dealkylation sites (tertiary alicyclic amines) is 1. The van der Waals surface area contributed by atoms with Gasteiger partial charge in [0, 0.05) is 57.4 Å². The van der Waals surface area contributed by atoms with Gasteiger partial charge >= 0.3 is 0 Å². The number of aliphatic imine (C=N–C) groups is 1. The van der Waals surface area contributed by atoms with Crippen LogP contribution in [0.5, 0.6) is 0 Å². The predicted molar refractivity (Wildman–Crippen MR) is 134 cm³/mol. The second-order valence-corrected chi connectivity index (χ2v) is 8.48. The van der Waals surface area contributed by atoms with Crippen LogP contribution in [0.2, 0.25) is 0 Å². The van der Waals surface area contributed by atoms with Crippen LogP contribution >= 0.6 is 24.0 Å². The molecule has 2 amide bonds. The molecule has 2 atom stereocenters. The fraction of sp³-hybridized carbons (Fsp3) is 0.591. The molecule has 0 bridgehead atoms. The van der Waals surface area contributed by atoms with Crippen molar-refractivity contribution < 1.29 is 9.59 Å². The van der Waals surface area contributed by atoms with Crippen molar-refractivity contribution in [1.82, 2.24) is 25.8 Å². The molecule has 9 heteroatoms. The monoisotopic (exact) mass is 542 g/mol. The van der Waals surface area contributed by atoms with E-state index in [0.29, 0.717) is 43.2 Å². The third kappa shape index (κ3) is 6.80. The van der Waals surface area contributed by atoms with Gasteiger partial charge in [-0.3, -0.25) is 19.5 Å². The molecule has 0 radical (unpaired) electrons. The van der Waals surface area contributed by atoms with Crippen molar-refractivity contribution >= 4 is 41.8 Å². The molecule has 1 aromatic rings. The molecule has 2 heterocycles. The van der Waals surface area contributed by atoms with Gasteiger partial charge in [-0.25, -0.2) is 0 Å². The van der Waals surface area contributed by atoms with Gasteiger partial charge in [0.05, 0.1) is 6.54 Å². The maximum absolute atomic E-state index is 12.6. The number of carbonyl (C=O) groups excluding carboxylic acids is 2. The lowest BCUT2D eigenvalue weighted by atomic mass is 10.1. The lowest BCUT2D eigenvalue weighted by molar-refractivity contribution is -0.123. The van der Waals surface area contributed by atoms with E-state index in [1.54, 1.807) is 11.9 Å². The van der Waals surface area contributed by atoms with Gasteiger partial charge in [0.15, 0.2) is 5.96 Å². The van der Waals surface area contributed by atoms with E-state index in [9.17, 15) is 9.59 Å². The van der Waals surface area contributed by atoms with E-state index < -0.39 is 0 Å². The van der Waals surface area contributed by atoms with Crippen LogP contribution in [0.25, 0.3) is 0 Å². The normalized spacial score (nSPS) is 22.2. The summed E-state index contributed by atoms with van der Waals surface area (Å²) in [5.74, 6) is 1.14. The first kappa shape index (κ1) is 25.4. The molecular weight excluding hydrogens is 507 g/mol. The molecule has 2 aliphatic rings. The highest BCUT2D eigenvalue weighted by atomic mass is 127. The van der Waals surface area contributed by atoms with E-state index in [2.05, 4.69) is 46.6 Å². The Labute approximate surface area is 202 Å². The van der Waals surface area contributed by atoms with Crippen molar-refractivity contribution in [3.05, 3.63) is 35.4 Å². The number of piperazine rings is 1. The van der Waals surface area contributed by atoms with Crippen LogP contribution in [0, 0.1) is 5.92 Å². The molecule has 0 spiro atoms. The number of amides is 2. The van der Waals surface area contributed by atoms with E-state index in [1.807, 2.05) is 24.3 Å². The summed E-state index contributed by atoms with van der Waals surface area (Å²) in [7, 11) is 1.78. The number of halogens is 1. The molecule has 3 rings (SSSR count). The Morgan fingerprint density at radius 3 is 2.55 bits per heavy atom. The summed E-state index contributed by atoms with van der Waals surface area (Å²) in [6.45, 7) is 10.7. The maximum atomic E-state index is 12.6. The van der Waals surface area contributed by atoms with Crippen LogP contribution in [0.1, 0.15) is 36.7 Å². The first-order valence-corrected chi connectivity index (χ1v) is 10.7. The van der Waals surface area contributed by atoms with Gasteiger partial charge in [-0.2, -0.15) is 0 Å². The van der Waals surface area contributed by atoms with Gasteiger partial charge in [-0.15, -0.1) is 24.0 Å². The average Bonchev–Trinajstić information content (AvgIpc) is 3.11. The quantitative estimate of drug-likeness (QED) is 0.297. The summed E-state index contributed by atoms with van der Waals surface area (Å²) >= 11 is 0. The van der Waals surface area contributed by atoms with E-state index in [0.717, 1.165) is 24.6 Å². The predicted octanol–water partition coefficient (Wildman–Crippen LogP) is 1.27. The minimum absolute atomic E-state index is 0. The summed E-state index contributed by atoms with van der Waals surface area (Å²) in [6, 6.07) is 8.45. The highest BCUT2D eigenvalue weighted by molar-refractivity contribution is 14.0. The Kier molecular flexibility index (Phi) is 9.54. The number of guanidine groups is 1. The second kappa shape index (κ2) is 11.7. The number of carbonyl (C=O) groups is 2. The summed E-state index contributed by atoms with van der Waals surface area (Å²) in [6.07, 6.45) is 0. The third-order valence-electron chi connectivity index (χ3n) is 5.90. The molecule has 2 fully saturated rings. The topological polar surface area (TPSA) is 89.1 Å². The van der Waals surface area contributed by atoms with Gasteiger partial charge in [-0.1, -0.05) is 19.1 Å². The number of rotatable bonds is 5. The standard InChI is InChI=1S/C22H34N6O2.HI/c1-15(2)28-12-16(3)19(13-28)26-22(23-4)25-11-17-5-7-18(8-6-17)21(30)27-10-9-24-20(29)14-27;/h5-8,15-16,19H,9-14H2,1-4H3,(H,24,29)(H2,23,25,26);1H. The van der Waals surface area contributed by atoms with Crippen LogP contribution in [-0.4, -0.2) is 79.4 Å². The lowest BCUT2D eigenvalue weighted by Gasteiger charge is -2.26. The summed E-state index contributed by atoms with van der Waals surface area (Å²) < 4.78 is 0. The van der Waals surface area contributed by atoms with Gasteiger partial charge < -0.3 is 20.9 Å². The number of benzene rings is 1. The smallest absolute Gasteiger partial charge is 0.254 e. The van der Waals surface area contributed by atoms with E-state index in [-0.39, 0.29) is 42.3 Å². The van der Waals surface area contributed by atoms with Gasteiger partial charge in [0.25, 0.3) is 5.91 Å². The number of nitrogens with zero attached hydrogens (tertiary/aromatic N) is 3. The summed E-state index contributed by atoms with van der Waals surface area (Å²) in [5.41, 5.74) is 1.67. The molecule has 1 aromatic carbocycles. The zero-order chi connectivity index (χ0) is 21.7. The molecule has 0 aliphatic carbocycles.